The molecule has 2 aromatic carbocycles. The molecule has 4 rings (SSSR count). The number of hydrogen-bond acceptors (Lipinski definition) is 5. The molecule has 7 nitrogen and oxygen atoms in total. The van der Waals surface area contributed by atoms with E-state index in [1.807, 2.05) is 48.5 Å². The fourth-order valence-electron chi connectivity index (χ4n) is 3.68. The largest absolute Gasteiger partial charge is 0.462 e. The van der Waals surface area contributed by atoms with Crippen molar-refractivity contribution in [1.82, 2.24) is 10.6 Å². The van der Waals surface area contributed by atoms with Crippen LogP contribution < -0.4 is 15.4 Å². The number of rotatable bonds is 6. The van der Waals surface area contributed by atoms with Gasteiger partial charge in [0.1, 0.15) is 24.0 Å². The van der Waals surface area contributed by atoms with E-state index in [-0.39, 0.29) is 12.7 Å². The first-order valence-corrected chi connectivity index (χ1v) is 9.97. The van der Waals surface area contributed by atoms with Crippen LogP contribution in [-0.4, -0.2) is 31.3 Å². The average Bonchev–Trinajstić information content (AvgIpc) is 3.26. The van der Waals surface area contributed by atoms with Gasteiger partial charge in [-0.05, 0) is 42.7 Å². The smallest absolute Gasteiger partial charge is 0.319 e. The van der Waals surface area contributed by atoms with Gasteiger partial charge in [0.15, 0.2) is 0 Å². The van der Waals surface area contributed by atoms with E-state index in [0.29, 0.717) is 23.8 Å². The molecule has 2 aromatic rings. The molecule has 2 saturated heterocycles. The van der Waals surface area contributed by atoms with Gasteiger partial charge in [-0.3, -0.25) is 4.79 Å². The molecule has 30 heavy (non-hydrogen) atoms. The van der Waals surface area contributed by atoms with Crippen LogP contribution in [0.1, 0.15) is 24.4 Å². The van der Waals surface area contributed by atoms with Crippen LogP contribution in [0.2, 0.25) is 0 Å². The Morgan fingerprint density at radius 3 is 2.70 bits per heavy atom. The summed E-state index contributed by atoms with van der Waals surface area (Å²) in [6.45, 7) is 4.76. The Hall–Kier alpha value is -3.32. The van der Waals surface area contributed by atoms with Crippen LogP contribution in [0.3, 0.4) is 0 Å². The van der Waals surface area contributed by atoms with Crippen LogP contribution in [0.15, 0.2) is 66.9 Å². The van der Waals surface area contributed by atoms with Crippen LogP contribution in [0.5, 0.6) is 11.5 Å². The van der Waals surface area contributed by atoms with E-state index < -0.39 is 24.0 Å². The summed E-state index contributed by atoms with van der Waals surface area (Å²) in [5.41, 5.74) is 1.02. The van der Waals surface area contributed by atoms with Gasteiger partial charge in [-0.25, -0.2) is 4.79 Å². The van der Waals surface area contributed by atoms with Gasteiger partial charge in [-0.1, -0.05) is 36.9 Å². The molecule has 2 fully saturated rings. The van der Waals surface area contributed by atoms with Gasteiger partial charge in [0.2, 0.25) is 0 Å². The van der Waals surface area contributed by atoms with E-state index in [4.69, 9.17) is 14.2 Å². The fourth-order valence-corrected chi connectivity index (χ4v) is 3.68. The van der Waals surface area contributed by atoms with Gasteiger partial charge in [0, 0.05) is 12.3 Å². The van der Waals surface area contributed by atoms with Crippen molar-refractivity contribution in [3.05, 3.63) is 72.4 Å². The van der Waals surface area contributed by atoms with Crippen LogP contribution in [-0.2, 0) is 14.3 Å². The van der Waals surface area contributed by atoms with Crippen molar-refractivity contribution in [2.75, 3.05) is 13.2 Å². The molecule has 2 amide bonds. The molecule has 2 aliphatic heterocycles. The number of nitrogens with one attached hydrogen (secondary N) is 2. The molecule has 0 aliphatic carbocycles. The molecule has 2 heterocycles. The quantitative estimate of drug-likeness (QED) is 0.712. The van der Waals surface area contributed by atoms with E-state index in [2.05, 4.69) is 17.2 Å². The first kappa shape index (κ1) is 20.0. The second-order valence-electron chi connectivity index (χ2n) is 7.33. The molecule has 0 radical (unpaired) electrons. The van der Waals surface area contributed by atoms with Gasteiger partial charge >= 0.3 is 12.0 Å². The van der Waals surface area contributed by atoms with E-state index in [0.717, 1.165) is 18.4 Å². The van der Waals surface area contributed by atoms with E-state index in [1.165, 1.54) is 0 Å². The van der Waals surface area contributed by atoms with Crippen LogP contribution in [0.25, 0.3) is 0 Å². The summed E-state index contributed by atoms with van der Waals surface area (Å²) in [7, 11) is 0. The zero-order valence-electron chi connectivity index (χ0n) is 16.5. The highest BCUT2D eigenvalue weighted by molar-refractivity contribution is 5.85. The number of para-hydroxylation sites is 1. The van der Waals surface area contributed by atoms with Crippen molar-refractivity contribution >= 4 is 12.0 Å². The number of urea groups is 1. The van der Waals surface area contributed by atoms with Gasteiger partial charge in [0.05, 0.1) is 12.1 Å². The lowest BCUT2D eigenvalue weighted by Crippen LogP contribution is -2.51. The Kier molecular flexibility index (Phi) is 5.99. The Labute approximate surface area is 175 Å². The third kappa shape index (κ3) is 4.63. The molecule has 7 heteroatoms. The number of benzene rings is 2. The maximum absolute atomic E-state index is 12.9. The predicted molar refractivity (Wildman–Crippen MR) is 110 cm³/mol. The number of hydrogen-bond donors (Lipinski definition) is 2. The Balaban J connectivity index is 1.53. The molecule has 0 bridgehead atoms. The van der Waals surface area contributed by atoms with E-state index in [9.17, 15) is 9.59 Å². The van der Waals surface area contributed by atoms with Gasteiger partial charge in [-0.15, -0.1) is 0 Å². The maximum Gasteiger partial charge on any atom is 0.319 e. The molecule has 0 spiro atoms. The summed E-state index contributed by atoms with van der Waals surface area (Å²) in [4.78, 5) is 25.0. The minimum Gasteiger partial charge on any atom is -0.462 e. The monoisotopic (exact) mass is 408 g/mol. The Morgan fingerprint density at radius 1 is 1.13 bits per heavy atom. The summed E-state index contributed by atoms with van der Waals surface area (Å²) in [6.07, 6.45) is 1.76. The van der Waals surface area contributed by atoms with Crippen molar-refractivity contribution in [1.29, 1.82) is 0 Å². The lowest BCUT2D eigenvalue weighted by molar-refractivity contribution is -0.151. The second kappa shape index (κ2) is 9.00. The SMILES string of the molecule is C=C1NC(=O)NC(c2cccc(Oc3ccccc3)c2)C1C(=O)OCC1CCCO1. The van der Waals surface area contributed by atoms with Crippen molar-refractivity contribution < 1.29 is 23.8 Å². The maximum atomic E-state index is 12.9. The lowest BCUT2D eigenvalue weighted by atomic mass is 9.89. The number of amides is 2. The minimum atomic E-state index is -0.768. The zero-order chi connectivity index (χ0) is 20.9. The number of carbonyl (C=O) groups is 2. The standard InChI is InChI=1S/C23H24N2O5/c1-15-20(22(26)29-14-19-11-6-12-28-19)21(25-23(27)24-15)16-7-5-10-18(13-16)30-17-8-3-2-4-9-17/h2-5,7-10,13,19-21H,1,6,11-12,14H2,(H2,24,25,27). The molecule has 2 N–H and O–H groups in total. The molecule has 3 atom stereocenters. The Morgan fingerprint density at radius 2 is 1.93 bits per heavy atom. The molecule has 0 aromatic heterocycles. The van der Waals surface area contributed by atoms with Gasteiger partial charge in [0.25, 0.3) is 0 Å². The highest BCUT2D eigenvalue weighted by Gasteiger charge is 2.39. The summed E-state index contributed by atoms with van der Waals surface area (Å²) >= 11 is 0. The van der Waals surface area contributed by atoms with E-state index >= 15 is 0 Å². The summed E-state index contributed by atoms with van der Waals surface area (Å²) in [5, 5.41) is 5.40. The summed E-state index contributed by atoms with van der Waals surface area (Å²) < 4.78 is 16.9. The van der Waals surface area contributed by atoms with Crippen molar-refractivity contribution in [3.63, 3.8) is 0 Å². The first-order valence-electron chi connectivity index (χ1n) is 9.97. The van der Waals surface area contributed by atoms with Gasteiger partial charge < -0.3 is 24.8 Å². The minimum absolute atomic E-state index is 0.0746. The van der Waals surface area contributed by atoms with Crippen molar-refractivity contribution in [2.24, 2.45) is 5.92 Å². The predicted octanol–water partition coefficient (Wildman–Crippen LogP) is 3.68. The summed E-state index contributed by atoms with van der Waals surface area (Å²) in [6, 6.07) is 15.6. The Bertz CT molecular complexity index is 924. The number of esters is 1. The average molecular weight is 408 g/mol. The van der Waals surface area contributed by atoms with E-state index in [1.54, 1.807) is 6.07 Å². The molecular weight excluding hydrogens is 384 g/mol. The number of ether oxygens (including phenoxy) is 3. The van der Waals surface area contributed by atoms with Crippen LogP contribution in [0, 0.1) is 5.92 Å². The zero-order valence-corrected chi connectivity index (χ0v) is 16.5. The highest BCUT2D eigenvalue weighted by Crippen LogP contribution is 2.33. The first-order chi connectivity index (χ1) is 14.6. The fraction of sp³-hybridized carbons (Fsp3) is 0.304. The van der Waals surface area contributed by atoms with Crippen molar-refractivity contribution in [2.45, 2.75) is 25.0 Å². The normalized spacial score (nSPS) is 23.4. The van der Waals surface area contributed by atoms with Crippen molar-refractivity contribution in [3.8, 4) is 11.5 Å². The second-order valence-corrected chi connectivity index (χ2v) is 7.33. The highest BCUT2D eigenvalue weighted by atomic mass is 16.6. The lowest BCUT2D eigenvalue weighted by Gasteiger charge is -2.33. The topological polar surface area (TPSA) is 85.9 Å². The van der Waals surface area contributed by atoms with Crippen LogP contribution in [0.4, 0.5) is 4.79 Å². The molecular formula is C23H24N2O5. The number of carbonyl (C=O) groups excluding carboxylic acids is 2. The molecule has 2 aliphatic rings. The third-order valence-electron chi connectivity index (χ3n) is 5.15. The van der Waals surface area contributed by atoms with Crippen LogP contribution >= 0.6 is 0 Å². The summed E-state index contributed by atoms with van der Waals surface area (Å²) in [5.74, 6) is 0.0722. The molecule has 3 unspecified atom stereocenters. The third-order valence-corrected chi connectivity index (χ3v) is 5.15. The molecule has 156 valence electrons. The van der Waals surface area contributed by atoms with Gasteiger partial charge in [-0.2, -0.15) is 0 Å². The molecule has 0 saturated carbocycles.